The Balaban J connectivity index is 2.30. The highest BCUT2D eigenvalue weighted by molar-refractivity contribution is 5.54. The molecule has 0 aliphatic carbocycles. The highest BCUT2D eigenvalue weighted by Crippen LogP contribution is 2.15. The molecule has 1 aromatic carbocycles. The van der Waals surface area contributed by atoms with Gasteiger partial charge in [0.05, 0.1) is 11.4 Å². The van der Waals surface area contributed by atoms with E-state index in [1.54, 1.807) is 0 Å². The summed E-state index contributed by atoms with van der Waals surface area (Å²) in [5, 5.41) is 8.18. The van der Waals surface area contributed by atoms with E-state index in [2.05, 4.69) is 27.3 Å². The van der Waals surface area contributed by atoms with E-state index < -0.39 is 0 Å². The zero-order chi connectivity index (χ0) is 12.3. The lowest BCUT2D eigenvalue weighted by molar-refractivity contribution is 0.904. The Hall–Kier alpha value is -1.81. The van der Waals surface area contributed by atoms with Crippen LogP contribution in [0.25, 0.3) is 11.4 Å². The molecule has 0 fully saturated rings. The van der Waals surface area contributed by atoms with Crippen LogP contribution in [0.2, 0.25) is 0 Å². The summed E-state index contributed by atoms with van der Waals surface area (Å²) in [5.41, 5.74) is 9.52. The van der Waals surface area contributed by atoms with E-state index >= 15 is 0 Å². The fourth-order valence-electron chi connectivity index (χ4n) is 1.57. The fourth-order valence-corrected chi connectivity index (χ4v) is 1.57. The molecule has 0 unspecified atom stereocenters. The summed E-state index contributed by atoms with van der Waals surface area (Å²) < 4.78 is 0. The van der Waals surface area contributed by atoms with Gasteiger partial charge in [-0.25, -0.2) is 4.98 Å². The van der Waals surface area contributed by atoms with Crippen molar-refractivity contribution in [3.05, 3.63) is 41.2 Å². The van der Waals surface area contributed by atoms with Crippen molar-refractivity contribution in [3.8, 4) is 11.4 Å². The highest BCUT2D eigenvalue weighted by atomic mass is 15.2. The van der Waals surface area contributed by atoms with Crippen LogP contribution in [-0.2, 0) is 6.42 Å². The smallest absolute Gasteiger partial charge is 0.181 e. The van der Waals surface area contributed by atoms with Crippen molar-refractivity contribution in [3.63, 3.8) is 0 Å². The standard InChI is InChI=1S/C13H16N4/c1-9-10(2)16-17-13(15-9)12-5-3-11(4-6-12)7-8-14/h3-6H,7-8,14H2,1-2H3. The summed E-state index contributed by atoms with van der Waals surface area (Å²) in [7, 11) is 0. The Bertz CT molecular complexity index is 505. The summed E-state index contributed by atoms with van der Waals surface area (Å²) in [5.74, 6) is 0.674. The molecule has 88 valence electrons. The molecule has 4 nitrogen and oxygen atoms in total. The summed E-state index contributed by atoms with van der Waals surface area (Å²) >= 11 is 0. The van der Waals surface area contributed by atoms with Crippen molar-refractivity contribution < 1.29 is 0 Å². The number of hydrogen-bond donors (Lipinski definition) is 1. The Labute approximate surface area is 101 Å². The topological polar surface area (TPSA) is 64.7 Å². The number of rotatable bonds is 3. The maximum absolute atomic E-state index is 5.51. The molecular formula is C13H16N4. The molecule has 2 aromatic rings. The Morgan fingerprint density at radius 2 is 1.71 bits per heavy atom. The SMILES string of the molecule is Cc1nnc(-c2ccc(CCN)cc2)nc1C. The van der Waals surface area contributed by atoms with Gasteiger partial charge in [-0.15, -0.1) is 5.10 Å². The van der Waals surface area contributed by atoms with Crippen molar-refractivity contribution in [1.29, 1.82) is 0 Å². The maximum atomic E-state index is 5.51. The number of aryl methyl sites for hydroxylation is 2. The molecule has 0 aliphatic rings. The second-order valence-corrected chi connectivity index (χ2v) is 4.04. The minimum atomic E-state index is 0.668. The molecule has 17 heavy (non-hydrogen) atoms. The number of benzene rings is 1. The van der Waals surface area contributed by atoms with Crippen LogP contribution in [0.3, 0.4) is 0 Å². The Morgan fingerprint density at radius 3 is 2.29 bits per heavy atom. The number of hydrogen-bond acceptors (Lipinski definition) is 4. The van der Waals surface area contributed by atoms with Gasteiger partial charge in [0.2, 0.25) is 0 Å². The van der Waals surface area contributed by atoms with Crippen LogP contribution >= 0.6 is 0 Å². The zero-order valence-electron chi connectivity index (χ0n) is 10.1. The van der Waals surface area contributed by atoms with Gasteiger partial charge in [0.25, 0.3) is 0 Å². The molecular weight excluding hydrogens is 212 g/mol. The minimum absolute atomic E-state index is 0.668. The van der Waals surface area contributed by atoms with Crippen LogP contribution in [-0.4, -0.2) is 21.7 Å². The first kappa shape index (κ1) is 11.7. The molecule has 0 atom stereocenters. The molecule has 2 N–H and O–H groups in total. The van der Waals surface area contributed by atoms with E-state index in [-0.39, 0.29) is 0 Å². The van der Waals surface area contributed by atoms with Gasteiger partial charge in [-0.05, 0) is 32.4 Å². The second-order valence-electron chi connectivity index (χ2n) is 4.04. The molecule has 0 saturated heterocycles. The molecule has 0 aliphatic heterocycles. The number of nitrogens with two attached hydrogens (primary N) is 1. The van der Waals surface area contributed by atoms with E-state index in [4.69, 9.17) is 5.73 Å². The third-order valence-electron chi connectivity index (χ3n) is 2.74. The average Bonchev–Trinajstić information content (AvgIpc) is 2.34. The lowest BCUT2D eigenvalue weighted by atomic mass is 10.1. The van der Waals surface area contributed by atoms with Crippen molar-refractivity contribution in [2.45, 2.75) is 20.3 Å². The summed E-state index contributed by atoms with van der Waals surface area (Å²) in [4.78, 5) is 4.42. The maximum Gasteiger partial charge on any atom is 0.181 e. The van der Waals surface area contributed by atoms with Crippen LogP contribution in [0, 0.1) is 13.8 Å². The summed E-state index contributed by atoms with van der Waals surface area (Å²) in [6, 6.07) is 8.13. The van der Waals surface area contributed by atoms with Gasteiger partial charge in [-0.2, -0.15) is 5.10 Å². The molecule has 0 radical (unpaired) electrons. The molecule has 0 spiro atoms. The molecule has 0 saturated carbocycles. The predicted molar refractivity (Wildman–Crippen MR) is 67.5 cm³/mol. The van der Waals surface area contributed by atoms with Gasteiger partial charge in [0, 0.05) is 5.56 Å². The monoisotopic (exact) mass is 228 g/mol. The molecule has 0 amide bonds. The quantitative estimate of drug-likeness (QED) is 0.867. The van der Waals surface area contributed by atoms with Crippen LogP contribution in [0.15, 0.2) is 24.3 Å². The fraction of sp³-hybridized carbons (Fsp3) is 0.308. The highest BCUT2D eigenvalue weighted by Gasteiger charge is 2.04. The van der Waals surface area contributed by atoms with Gasteiger partial charge in [0.1, 0.15) is 0 Å². The van der Waals surface area contributed by atoms with Crippen LogP contribution in [0.1, 0.15) is 17.0 Å². The number of aromatic nitrogens is 3. The Kier molecular flexibility index (Phi) is 3.44. The first-order valence-corrected chi connectivity index (χ1v) is 5.68. The first-order chi connectivity index (χ1) is 8.20. The molecule has 1 aromatic heterocycles. The van der Waals surface area contributed by atoms with E-state index in [1.807, 2.05) is 26.0 Å². The van der Waals surface area contributed by atoms with E-state index in [0.29, 0.717) is 12.4 Å². The molecule has 1 heterocycles. The first-order valence-electron chi connectivity index (χ1n) is 5.68. The lowest BCUT2D eigenvalue weighted by Gasteiger charge is -2.03. The van der Waals surface area contributed by atoms with Gasteiger partial charge in [-0.1, -0.05) is 24.3 Å². The normalized spacial score (nSPS) is 10.5. The minimum Gasteiger partial charge on any atom is -0.330 e. The molecule has 2 rings (SSSR count). The average molecular weight is 228 g/mol. The largest absolute Gasteiger partial charge is 0.330 e. The van der Waals surface area contributed by atoms with E-state index in [1.165, 1.54) is 5.56 Å². The van der Waals surface area contributed by atoms with Crippen molar-refractivity contribution in [1.82, 2.24) is 15.2 Å². The summed E-state index contributed by atoms with van der Waals surface area (Å²) in [6.07, 6.45) is 0.895. The summed E-state index contributed by atoms with van der Waals surface area (Å²) in [6.45, 7) is 4.51. The lowest BCUT2D eigenvalue weighted by Crippen LogP contribution is -2.02. The van der Waals surface area contributed by atoms with Gasteiger partial charge < -0.3 is 5.73 Å². The molecule has 4 heteroatoms. The second kappa shape index (κ2) is 5.01. The number of nitrogens with zero attached hydrogens (tertiary/aromatic N) is 3. The van der Waals surface area contributed by atoms with Crippen LogP contribution in [0.4, 0.5) is 0 Å². The van der Waals surface area contributed by atoms with Crippen LogP contribution in [0.5, 0.6) is 0 Å². The van der Waals surface area contributed by atoms with E-state index in [0.717, 1.165) is 23.4 Å². The van der Waals surface area contributed by atoms with Crippen molar-refractivity contribution >= 4 is 0 Å². The van der Waals surface area contributed by atoms with Gasteiger partial charge in [-0.3, -0.25) is 0 Å². The van der Waals surface area contributed by atoms with Gasteiger partial charge >= 0.3 is 0 Å². The van der Waals surface area contributed by atoms with Crippen LogP contribution < -0.4 is 5.73 Å². The Morgan fingerprint density at radius 1 is 1.00 bits per heavy atom. The third-order valence-corrected chi connectivity index (χ3v) is 2.74. The third kappa shape index (κ3) is 2.65. The van der Waals surface area contributed by atoms with Crippen molar-refractivity contribution in [2.75, 3.05) is 6.54 Å². The van der Waals surface area contributed by atoms with Gasteiger partial charge in [0.15, 0.2) is 5.82 Å². The van der Waals surface area contributed by atoms with E-state index in [9.17, 15) is 0 Å². The predicted octanol–water partition coefficient (Wildman–Crippen LogP) is 1.66. The zero-order valence-corrected chi connectivity index (χ0v) is 10.1. The molecule has 0 bridgehead atoms. The van der Waals surface area contributed by atoms with Crippen molar-refractivity contribution in [2.24, 2.45) is 5.73 Å².